The van der Waals surface area contributed by atoms with E-state index in [1.165, 1.54) is 12.1 Å². The number of carbonyl (C=O) groups is 3. The van der Waals surface area contributed by atoms with Crippen molar-refractivity contribution < 1.29 is 28.6 Å². The number of aromatic amines is 1. The highest BCUT2D eigenvalue weighted by atomic mass is 19.1. The maximum atomic E-state index is 13.3. The minimum atomic E-state index is -0.863. The van der Waals surface area contributed by atoms with Gasteiger partial charge in [-0.15, -0.1) is 0 Å². The minimum Gasteiger partial charge on any atom is -0.859 e. The Morgan fingerprint density at radius 2 is 1.95 bits per heavy atom. The van der Waals surface area contributed by atoms with Crippen molar-refractivity contribution in [2.24, 2.45) is 4.99 Å². The number of hydrogen-bond acceptors (Lipinski definition) is 6. The van der Waals surface area contributed by atoms with Gasteiger partial charge in [0.15, 0.2) is 0 Å². The third-order valence-corrected chi connectivity index (χ3v) is 7.27. The van der Waals surface area contributed by atoms with Crippen molar-refractivity contribution in [3.8, 4) is 0 Å². The molecule has 1 saturated heterocycles. The molecule has 0 radical (unpaired) electrons. The van der Waals surface area contributed by atoms with Crippen molar-refractivity contribution in [2.75, 3.05) is 5.32 Å². The summed E-state index contributed by atoms with van der Waals surface area (Å²) in [6.07, 6.45) is -0.0415. The Morgan fingerprint density at radius 3 is 2.64 bits per heavy atom. The first-order chi connectivity index (χ1) is 18.6. The van der Waals surface area contributed by atoms with Crippen LogP contribution in [0.1, 0.15) is 70.2 Å². The number of rotatable bonds is 7. The molecule has 1 unspecified atom stereocenters. The van der Waals surface area contributed by atoms with E-state index >= 15 is 0 Å². The van der Waals surface area contributed by atoms with Crippen LogP contribution in [0.3, 0.4) is 0 Å². The molecule has 1 aromatic heterocycles. The monoisotopic (exact) mass is 531 g/mol. The van der Waals surface area contributed by atoms with Gasteiger partial charge in [-0.3, -0.25) is 19.4 Å². The fourth-order valence-electron chi connectivity index (χ4n) is 5.05. The molecule has 2 amide bonds. The number of aromatic nitrogens is 1. The molecule has 2 aromatic carbocycles. The van der Waals surface area contributed by atoms with Gasteiger partial charge in [-0.25, -0.2) is 4.39 Å². The van der Waals surface area contributed by atoms with Crippen LogP contribution in [0.25, 0.3) is 0 Å². The van der Waals surface area contributed by atoms with Gasteiger partial charge in [0, 0.05) is 41.4 Å². The molecular formula is C29H28FN4O5-. The van der Waals surface area contributed by atoms with Gasteiger partial charge in [0.2, 0.25) is 5.91 Å². The van der Waals surface area contributed by atoms with E-state index in [1.807, 2.05) is 13.8 Å². The maximum absolute atomic E-state index is 13.3. The molecule has 0 spiro atoms. The first-order valence-corrected chi connectivity index (χ1v) is 12.7. The Morgan fingerprint density at radius 1 is 1.21 bits per heavy atom. The number of anilines is 1. The van der Waals surface area contributed by atoms with Crippen LogP contribution < -0.4 is 15.7 Å². The van der Waals surface area contributed by atoms with Crippen LogP contribution in [0, 0.1) is 19.7 Å². The average Bonchev–Trinajstić information content (AvgIpc) is 3.55. The maximum Gasteiger partial charge on any atom is 0.306 e. The van der Waals surface area contributed by atoms with E-state index in [1.54, 1.807) is 37.3 Å². The number of nitrogens with zero attached hydrogens (tertiary/aromatic N) is 1. The Labute approximate surface area is 224 Å². The van der Waals surface area contributed by atoms with Gasteiger partial charge >= 0.3 is 5.97 Å². The molecule has 5 rings (SSSR count). The third-order valence-electron chi connectivity index (χ3n) is 7.27. The molecule has 3 heterocycles. The lowest BCUT2D eigenvalue weighted by atomic mass is 9.93. The number of esters is 1. The van der Waals surface area contributed by atoms with Crippen molar-refractivity contribution >= 4 is 35.1 Å². The Kier molecular flexibility index (Phi) is 6.94. The summed E-state index contributed by atoms with van der Waals surface area (Å²) in [5.41, 5.74) is 5.11. The molecule has 10 heteroatoms. The zero-order valence-electron chi connectivity index (χ0n) is 21.8. The Balaban J connectivity index is 1.35. The van der Waals surface area contributed by atoms with E-state index in [0.29, 0.717) is 41.0 Å². The van der Waals surface area contributed by atoms with E-state index in [0.717, 1.165) is 16.8 Å². The van der Waals surface area contributed by atoms with Crippen molar-refractivity contribution in [1.82, 2.24) is 10.3 Å². The predicted molar refractivity (Wildman–Crippen MR) is 140 cm³/mol. The Bertz CT molecular complexity index is 1490. The van der Waals surface area contributed by atoms with E-state index in [4.69, 9.17) is 4.74 Å². The largest absolute Gasteiger partial charge is 0.859 e. The number of ether oxygens (including phenoxy) is 1. The molecule has 2 aliphatic rings. The number of carbonyl (C=O) groups excluding carboxylic acids is 3. The summed E-state index contributed by atoms with van der Waals surface area (Å²) >= 11 is 0. The summed E-state index contributed by atoms with van der Waals surface area (Å²) in [6, 6.07) is 10.7. The van der Waals surface area contributed by atoms with E-state index < -0.39 is 23.9 Å². The number of hydrogen-bond donors (Lipinski definition) is 3. The van der Waals surface area contributed by atoms with Gasteiger partial charge in [0.1, 0.15) is 11.9 Å². The summed E-state index contributed by atoms with van der Waals surface area (Å²) in [5, 5.41) is 18.3. The summed E-state index contributed by atoms with van der Waals surface area (Å²) in [5.74, 6) is -2.33. The van der Waals surface area contributed by atoms with Crippen LogP contribution >= 0.6 is 0 Å². The fraction of sp³-hybridized carbons (Fsp3) is 0.310. The van der Waals surface area contributed by atoms with Crippen LogP contribution in [0.15, 0.2) is 47.5 Å². The summed E-state index contributed by atoms with van der Waals surface area (Å²) in [7, 11) is 0. The zero-order chi connectivity index (χ0) is 27.8. The van der Waals surface area contributed by atoms with Crippen molar-refractivity contribution in [3.05, 3.63) is 81.9 Å². The summed E-state index contributed by atoms with van der Waals surface area (Å²) in [6.45, 7) is 5.42. The van der Waals surface area contributed by atoms with E-state index in [9.17, 15) is 23.9 Å². The fourth-order valence-corrected chi connectivity index (χ4v) is 5.05. The van der Waals surface area contributed by atoms with Crippen molar-refractivity contribution in [2.45, 2.75) is 58.1 Å². The second-order valence-corrected chi connectivity index (χ2v) is 9.96. The first-order valence-electron chi connectivity index (χ1n) is 12.7. The third kappa shape index (κ3) is 5.27. The number of nitrogens with one attached hydrogen (secondary N) is 3. The van der Waals surface area contributed by atoms with Gasteiger partial charge in [0.05, 0.1) is 17.6 Å². The average molecular weight is 532 g/mol. The lowest BCUT2D eigenvalue weighted by Gasteiger charge is -2.17. The molecule has 1 fully saturated rings. The van der Waals surface area contributed by atoms with Gasteiger partial charge in [-0.2, -0.15) is 0 Å². The molecule has 3 N–H and O–H groups in total. The van der Waals surface area contributed by atoms with Gasteiger partial charge in [0.25, 0.3) is 5.91 Å². The SMILES string of the molecule is Cc1[nH]c(CC2C(=O)Nc3ccc(C(=O)N[C@H](C)c4ccc(F)cc4)cc32)c(C)c1N=C([O-])[C@@H]1CCC(=O)O1. The number of aliphatic imine (C=N–C) groups is 1. The molecular weight excluding hydrogens is 503 g/mol. The molecule has 39 heavy (non-hydrogen) atoms. The molecule has 9 nitrogen and oxygen atoms in total. The van der Waals surface area contributed by atoms with Crippen molar-refractivity contribution in [1.29, 1.82) is 0 Å². The number of H-pyrrole nitrogens is 1. The summed E-state index contributed by atoms with van der Waals surface area (Å²) < 4.78 is 18.3. The predicted octanol–water partition coefficient (Wildman–Crippen LogP) is 3.64. The number of fused-ring (bicyclic) bond motifs is 1. The molecule has 2 aliphatic heterocycles. The van der Waals surface area contributed by atoms with Crippen LogP contribution in [0.5, 0.6) is 0 Å². The topological polar surface area (TPSA) is 136 Å². The highest BCUT2D eigenvalue weighted by Gasteiger charge is 2.33. The van der Waals surface area contributed by atoms with Crippen LogP contribution in [0.2, 0.25) is 0 Å². The number of aryl methyl sites for hydroxylation is 1. The van der Waals surface area contributed by atoms with Gasteiger partial charge in [-0.1, -0.05) is 12.1 Å². The van der Waals surface area contributed by atoms with Crippen LogP contribution in [-0.4, -0.2) is 34.8 Å². The molecule has 3 aromatic rings. The van der Waals surface area contributed by atoms with Gasteiger partial charge < -0.3 is 25.5 Å². The Hall–Kier alpha value is -4.47. The lowest BCUT2D eigenvalue weighted by Crippen LogP contribution is -2.32. The highest BCUT2D eigenvalue weighted by molar-refractivity contribution is 6.05. The molecule has 0 bridgehead atoms. The second kappa shape index (κ2) is 10.4. The molecule has 0 saturated carbocycles. The van der Waals surface area contributed by atoms with Crippen LogP contribution in [0.4, 0.5) is 15.8 Å². The quantitative estimate of drug-likeness (QED) is 0.243. The second-order valence-electron chi connectivity index (χ2n) is 9.96. The van der Waals surface area contributed by atoms with Crippen LogP contribution in [-0.2, 0) is 20.7 Å². The molecule has 3 atom stereocenters. The van der Waals surface area contributed by atoms with Gasteiger partial charge in [-0.05, 0) is 74.2 Å². The number of benzene rings is 2. The molecule has 0 aliphatic carbocycles. The zero-order valence-corrected chi connectivity index (χ0v) is 21.8. The molecule has 202 valence electrons. The highest BCUT2D eigenvalue weighted by Crippen LogP contribution is 2.38. The minimum absolute atomic E-state index is 0.193. The number of amides is 2. The smallest absolute Gasteiger partial charge is 0.306 e. The lowest BCUT2D eigenvalue weighted by molar-refractivity contribution is -0.228. The summed E-state index contributed by atoms with van der Waals surface area (Å²) in [4.78, 5) is 44.7. The normalized spacial score (nSPS) is 19.4. The number of halogens is 1. The first kappa shape index (κ1) is 26.1. The van der Waals surface area contributed by atoms with E-state index in [-0.39, 0.29) is 30.1 Å². The number of cyclic esters (lactones) is 1. The van der Waals surface area contributed by atoms with Crippen molar-refractivity contribution in [3.63, 3.8) is 0 Å². The van der Waals surface area contributed by atoms with E-state index in [2.05, 4.69) is 20.6 Å². The standard InChI is InChI=1S/C29H29FN4O5/c1-14-23(31-16(3)26(14)34-29(38)24-10-11-25(35)39-24)13-21-20-12-18(6-9-22(20)33-28(21)37)27(36)32-15(2)17-4-7-19(30)8-5-17/h4-9,12,15,21,24,31H,10-11,13H2,1-3H3,(H,32,36)(H,33,37)(H,34,38)/p-1/t15-,21?,24+/m1/s1.